The van der Waals surface area contributed by atoms with Gasteiger partial charge in [0.1, 0.15) is 10.6 Å². The highest BCUT2D eigenvalue weighted by Crippen LogP contribution is 2.25. The van der Waals surface area contributed by atoms with Crippen molar-refractivity contribution < 1.29 is 22.7 Å². The number of carbonyl (C=O) groups is 1. The zero-order valence-electron chi connectivity index (χ0n) is 13.5. The second-order valence-electron chi connectivity index (χ2n) is 5.00. The second kappa shape index (κ2) is 9.03. The minimum atomic E-state index is -3.74. The van der Waals surface area contributed by atoms with Gasteiger partial charge in [0.25, 0.3) is 0 Å². The molecule has 0 saturated carbocycles. The number of hydrogen-bond acceptors (Lipinski definition) is 6. The van der Waals surface area contributed by atoms with E-state index in [1.54, 1.807) is 0 Å². The predicted molar refractivity (Wildman–Crippen MR) is 92.3 cm³/mol. The topological polar surface area (TPSA) is 93.7 Å². The van der Waals surface area contributed by atoms with Gasteiger partial charge in [-0.3, -0.25) is 0 Å². The van der Waals surface area contributed by atoms with E-state index in [-0.39, 0.29) is 35.2 Å². The first-order chi connectivity index (χ1) is 11.0. The lowest BCUT2D eigenvalue weighted by molar-refractivity contribution is 0.0600. The molecule has 2 N–H and O–H groups in total. The first-order valence-electron chi connectivity index (χ1n) is 7.12. The van der Waals surface area contributed by atoms with Crippen LogP contribution in [0.1, 0.15) is 16.8 Å². The molecule has 1 aliphatic rings. The molecule has 1 aromatic carbocycles. The monoisotopic (exact) mass is 376 g/mol. The molecule has 0 fully saturated rings. The summed E-state index contributed by atoms with van der Waals surface area (Å²) in [6, 6.07) is 4.08. The minimum Gasteiger partial charge on any atom is -0.495 e. The maximum atomic E-state index is 12.5. The Balaban J connectivity index is 0.00000288. The van der Waals surface area contributed by atoms with Gasteiger partial charge >= 0.3 is 5.97 Å². The Bertz CT molecular complexity index is 719. The molecule has 0 bridgehead atoms. The van der Waals surface area contributed by atoms with E-state index in [9.17, 15) is 13.2 Å². The fourth-order valence-corrected chi connectivity index (χ4v) is 3.42. The van der Waals surface area contributed by atoms with E-state index < -0.39 is 16.0 Å². The third-order valence-electron chi connectivity index (χ3n) is 3.52. The summed E-state index contributed by atoms with van der Waals surface area (Å²) in [6.07, 6.45) is 2.78. The minimum absolute atomic E-state index is 0. The van der Waals surface area contributed by atoms with Crippen molar-refractivity contribution in [3.8, 4) is 5.75 Å². The lowest BCUT2D eigenvalue weighted by atomic mass is 10.1. The zero-order chi connectivity index (χ0) is 16.9. The fraction of sp³-hybridized carbons (Fsp3) is 0.400. The van der Waals surface area contributed by atoms with E-state index in [1.165, 1.54) is 32.4 Å². The highest BCUT2D eigenvalue weighted by atomic mass is 35.5. The molecule has 2 rings (SSSR count). The highest BCUT2D eigenvalue weighted by Gasteiger charge is 2.21. The summed E-state index contributed by atoms with van der Waals surface area (Å²) < 4.78 is 37.2. The first-order valence-corrected chi connectivity index (χ1v) is 8.61. The number of halogens is 1. The van der Waals surface area contributed by atoms with E-state index >= 15 is 0 Å². The molecular weight excluding hydrogens is 356 g/mol. The number of rotatable bonds is 6. The molecule has 0 radical (unpaired) electrons. The number of benzene rings is 1. The molecule has 0 amide bonds. The first kappa shape index (κ1) is 20.4. The van der Waals surface area contributed by atoms with Crippen LogP contribution in [-0.4, -0.2) is 48.2 Å². The smallest absolute Gasteiger partial charge is 0.337 e. The number of carbonyl (C=O) groups excluding carboxylic acids is 1. The quantitative estimate of drug-likeness (QED) is 0.570. The van der Waals surface area contributed by atoms with Crippen LogP contribution in [0.15, 0.2) is 34.7 Å². The van der Waals surface area contributed by atoms with Crippen LogP contribution < -0.4 is 14.8 Å². The standard InChI is InChI=1S/C15H20N2O5S.ClH/c1-21-13-9-12(15(18)22-2)3-4-14(13)23(19,20)17-10-11-5-7-16-8-6-11;/h3-5,9,16-17H,6-8,10H2,1-2H3;1H. The van der Waals surface area contributed by atoms with Crippen molar-refractivity contribution in [1.29, 1.82) is 0 Å². The Morgan fingerprint density at radius 1 is 1.33 bits per heavy atom. The second-order valence-corrected chi connectivity index (χ2v) is 6.73. The van der Waals surface area contributed by atoms with Crippen molar-refractivity contribution in [1.82, 2.24) is 10.0 Å². The molecule has 0 aromatic heterocycles. The van der Waals surface area contributed by atoms with E-state index in [0.717, 1.165) is 25.1 Å². The maximum absolute atomic E-state index is 12.5. The Kier molecular flexibility index (Phi) is 7.68. The van der Waals surface area contributed by atoms with Gasteiger partial charge in [0.2, 0.25) is 10.0 Å². The van der Waals surface area contributed by atoms with Crippen LogP contribution in [0.4, 0.5) is 0 Å². The molecule has 1 aromatic rings. The fourth-order valence-electron chi connectivity index (χ4n) is 2.23. The molecule has 1 aliphatic heterocycles. The average molecular weight is 377 g/mol. The van der Waals surface area contributed by atoms with Gasteiger partial charge < -0.3 is 14.8 Å². The molecule has 0 saturated heterocycles. The van der Waals surface area contributed by atoms with Gasteiger partial charge in [-0.25, -0.2) is 17.9 Å². The average Bonchev–Trinajstić information content (AvgIpc) is 2.59. The third-order valence-corrected chi connectivity index (χ3v) is 4.96. The molecule has 7 nitrogen and oxygen atoms in total. The van der Waals surface area contributed by atoms with Crippen LogP contribution in [0.2, 0.25) is 0 Å². The van der Waals surface area contributed by atoms with Crippen LogP contribution in [0.25, 0.3) is 0 Å². The van der Waals surface area contributed by atoms with E-state index in [4.69, 9.17) is 4.74 Å². The normalized spacial score (nSPS) is 14.3. The SMILES string of the molecule is COC(=O)c1ccc(S(=O)(=O)NCC2=CCNCC2)c(OC)c1.Cl. The Hall–Kier alpha value is -1.61. The lowest BCUT2D eigenvalue weighted by Crippen LogP contribution is -2.30. The summed E-state index contributed by atoms with van der Waals surface area (Å²) in [6.45, 7) is 1.84. The van der Waals surface area contributed by atoms with Gasteiger partial charge in [0, 0.05) is 13.1 Å². The Morgan fingerprint density at radius 3 is 2.67 bits per heavy atom. The van der Waals surface area contributed by atoms with Gasteiger partial charge in [-0.2, -0.15) is 0 Å². The summed E-state index contributed by atoms with van der Waals surface area (Å²) in [5.41, 5.74) is 1.27. The van der Waals surface area contributed by atoms with E-state index in [2.05, 4.69) is 14.8 Å². The van der Waals surface area contributed by atoms with E-state index in [0.29, 0.717) is 0 Å². The number of methoxy groups -OCH3 is 2. The largest absolute Gasteiger partial charge is 0.495 e. The van der Waals surface area contributed by atoms with Crippen LogP contribution in [0.3, 0.4) is 0 Å². The Labute approximate surface area is 147 Å². The number of ether oxygens (including phenoxy) is 2. The van der Waals surface area contributed by atoms with Crippen LogP contribution in [0.5, 0.6) is 5.75 Å². The summed E-state index contributed by atoms with van der Waals surface area (Å²) >= 11 is 0. The Morgan fingerprint density at radius 2 is 2.08 bits per heavy atom. The van der Waals surface area contributed by atoms with Crippen molar-refractivity contribution in [3.63, 3.8) is 0 Å². The molecule has 0 unspecified atom stereocenters. The lowest BCUT2D eigenvalue weighted by Gasteiger charge is -2.16. The van der Waals surface area contributed by atoms with Crippen molar-refractivity contribution >= 4 is 28.4 Å². The molecular formula is C15H21ClN2O5S. The predicted octanol–water partition coefficient (Wildman–Crippen LogP) is 1.10. The van der Waals surface area contributed by atoms with Gasteiger partial charge in [-0.05, 0) is 31.2 Å². The van der Waals surface area contributed by atoms with Crippen LogP contribution >= 0.6 is 12.4 Å². The van der Waals surface area contributed by atoms with Crippen molar-refractivity contribution in [2.24, 2.45) is 0 Å². The number of nitrogens with one attached hydrogen (secondary N) is 2. The van der Waals surface area contributed by atoms with Gasteiger partial charge in [-0.1, -0.05) is 11.6 Å². The van der Waals surface area contributed by atoms with Gasteiger partial charge in [0.05, 0.1) is 19.8 Å². The molecule has 0 spiro atoms. The van der Waals surface area contributed by atoms with Gasteiger partial charge in [0.15, 0.2) is 0 Å². The van der Waals surface area contributed by atoms with Crippen molar-refractivity contribution in [2.75, 3.05) is 33.9 Å². The molecule has 134 valence electrons. The molecule has 1 heterocycles. The molecule has 24 heavy (non-hydrogen) atoms. The summed E-state index contributed by atoms with van der Waals surface area (Å²) in [5, 5.41) is 3.17. The highest BCUT2D eigenvalue weighted by molar-refractivity contribution is 7.89. The van der Waals surface area contributed by atoms with Crippen LogP contribution in [-0.2, 0) is 14.8 Å². The van der Waals surface area contributed by atoms with Crippen LogP contribution in [0, 0.1) is 0 Å². The summed E-state index contributed by atoms with van der Waals surface area (Å²) in [7, 11) is -1.13. The maximum Gasteiger partial charge on any atom is 0.337 e. The molecule has 9 heteroatoms. The van der Waals surface area contributed by atoms with Crippen molar-refractivity contribution in [2.45, 2.75) is 11.3 Å². The number of sulfonamides is 1. The van der Waals surface area contributed by atoms with Crippen molar-refractivity contribution in [3.05, 3.63) is 35.4 Å². The zero-order valence-corrected chi connectivity index (χ0v) is 15.1. The summed E-state index contributed by atoms with van der Waals surface area (Å²) in [4.78, 5) is 11.5. The molecule has 0 aliphatic carbocycles. The van der Waals surface area contributed by atoms with E-state index in [1.807, 2.05) is 6.08 Å². The molecule has 0 atom stereocenters. The third kappa shape index (κ3) is 4.94. The summed E-state index contributed by atoms with van der Waals surface area (Å²) in [5.74, 6) is -0.459. The number of esters is 1. The number of hydrogen-bond donors (Lipinski definition) is 2. The van der Waals surface area contributed by atoms with Gasteiger partial charge in [-0.15, -0.1) is 12.4 Å².